The average molecular weight is 442 g/mol. The first-order chi connectivity index (χ1) is 16.1. The highest BCUT2D eigenvalue weighted by Crippen LogP contribution is 2.30. The van der Waals surface area contributed by atoms with Crippen LogP contribution in [0.3, 0.4) is 0 Å². The molecule has 0 saturated heterocycles. The van der Waals surface area contributed by atoms with Crippen LogP contribution in [-0.2, 0) is 24.3 Å². The Morgan fingerprint density at radius 1 is 1.21 bits per heavy atom. The summed E-state index contributed by atoms with van der Waals surface area (Å²) in [4.78, 5) is 32.1. The molecular formula is C24H22N6O3. The van der Waals surface area contributed by atoms with Gasteiger partial charge in [0.2, 0.25) is 5.95 Å². The molecular weight excluding hydrogens is 420 g/mol. The van der Waals surface area contributed by atoms with Crippen molar-refractivity contribution in [2.45, 2.75) is 32.6 Å². The summed E-state index contributed by atoms with van der Waals surface area (Å²) in [5.74, 6) is 0.273. The molecule has 2 aliphatic heterocycles. The Balaban J connectivity index is 1.20. The lowest BCUT2D eigenvalue weighted by molar-refractivity contribution is 0.0535. The molecule has 0 amide bonds. The third-order valence-corrected chi connectivity index (χ3v) is 6.52. The van der Waals surface area contributed by atoms with E-state index in [0.717, 1.165) is 52.1 Å². The maximum absolute atomic E-state index is 11.8. The Labute approximate surface area is 189 Å². The predicted molar refractivity (Wildman–Crippen MR) is 119 cm³/mol. The maximum atomic E-state index is 11.8. The number of aromatic nitrogens is 5. The van der Waals surface area contributed by atoms with Crippen LogP contribution in [0.4, 0.5) is 0 Å². The van der Waals surface area contributed by atoms with Crippen LogP contribution < -0.4 is 0 Å². The molecule has 0 radical (unpaired) electrons. The average Bonchev–Trinajstić information content (AvgIpc) is 3.43. The molecule has 0 saturated carbocycles. The van der Waals surface area contributed by atoms with Crippen molar-refractivity contribution in [3.63, 3.8) is 0 Å². The molecule has 0 fully saturated rings. The van der Waals surface area contributed by atoms with E-state index in [0.29, 0.717) is 24.6 Å². The molecule has 3 aromatic heterocycles. The number of benzene rings is 1. The fourth-order valence-corrected chi connectivity index (χ4v) is 4.70. The van der Waals surface area contributed by atoms with E-state index in [1.807, 2.05) is 31.3 Å². The summed E-state index contributed by atoms with van der Waals surface area (Å²) in [6.45, 7) is 4.16. The first kappa shape index (κ1) is 20.0. The molecule has 1 atom stereocenters. The van der Waals surface area contributed by atoms with Crippen LogP contribution in [0.15, 0.2) is 43.0 Å². The van der Waals surface area contributed by atoms with Crippen LogP contribution in [0.1, 0.15) is 44.4 Å². The van der Waals surface area contributed by atoms with E-state index in [9.17, 15) is 9.90 Å². The van der Waals surface area contributed by atoms with Crippen molar-refractivity contribution in [1.29, 1.82) is 0 Å². The Morgan fingerprint density at radius 3 is 3.03 bits per heavy atom. The van der Waals surface area contributed by atoms with E-state index in [1.54, 1.807) is 23.2 Å². The van der Waals surface area contributed by atoms with Crippen molar-refractivity contribution in [2.75, 3.05) is 13.1 Å². The number of aliphatic hydroxyl groups excluding tert-OH is 1. The summed E-state index contributed by atoms with van der Waals surface area (Å²) >= 11 is 0. The zero-order chi connectivity index (χ0) is 22.5. The maximum Gasteiger partial charge on any atom is 0.338 e. The van der Waals surface area contributed by atoms with E-state index in [4.69, 9.17) is 9.72 Å². The van der Waals surface area contributed by atoms with Crippen molar-refractivity contribution in [2.24, 2.45) is 0 Å². The van der Waals surface area contributed by atoms with Gasteiger partial charge in [-0.15, -0.1) is 0 Å². The van der Waals surface area contributed by atoms with Crippen molar-refractivity contribution in [3.05, 3.63) is 76.5 Å². The minimum atomic E-state index is -0.656. The van der Waals surface area contributed by atoms with Crippen molar-refractivity contribution in [1.82, 2.24) is 29.4 Å². The van der Waals surface area contributed by atoms with Crippen LogP contribution >= 0.6 is 0 Å². The van der Waals surface area contributed by atoms with Gasteiger partial charge in [0.1, 0.15) is 18.5 Å². The summed E-state index contributed by atoms with van der Waals surface area (Å²) < 4.78 is 6.94. The van der Waals surface area contributed by atoms with Crippen molar-refractivity contribution >= 4 is 17.1 Å². The van der Waals surface area contributed by atoms with Crippen LogP contribution in [-0.4, -0.2) is 53.6 Å². The lowest BCUT2D eigenvalue weighted by Crippen LogP contribution is -2.35. The molecule has 6 rings (SSSR count). The summed E-state index contributed by atoms with van der Waals surface area (Å²) in [7, 11) is 0. The van der Waals surface area contributed by atoms with Gasteiger partial charge in [0.15, 0.2) is 5.65 Å². The smallest absolute Gasteiger partial charge is 0.338 e. The highest BCUT2D eigenvalue weighted by Gasteiger charge is 2.27. The normalized spacial score (nSPS) is 16.5. The predicted octanol–water partition coefficient (Wildman–Crippen LogP) is 2.28. The van der Waals surface area contributed by atoms with Gasteiger partial charge in [-0.2, -0.15) is 0 Å². The van der Waals surface area contributed by atoms with Gasteiger partial charge in [0, 0.05) is 49.6 Å². The molecule has 166 valence electrons. The molecule has 0 bridgehead atoms. The number of pyridine rings is 1. The number of esters is 1. The fraction of sp³-hybridized carbons (Fsp3) is 0.292. The van der Waals surface area contributed by atoms with Gasteiger partial charge in [-0.25, -0.2) is 24.7 Å². The SMILES string of the molecule is Cc1c(C(O)CN2CCc3nc(-n4cnc5cccnc54)ncc3C2)ccc2c1COC2=O. The number of carbonyl (C=O) groups excluding carboxylic acids is 1. The fourth-order valence-electron chi connectivity index (χ4n) is 4.70. The second-order valence-electron chi connectivity index (χ2n) is 8.49. The Morgan fingerprint density at radius 2 is 2.12 bits per heavy atom. The summed E-state index contributed by atoms with van der Waals surface area (Å²) in [6, 6.07) is 7.36. The number of nitrogens with zero attached hydrogens (tertiary/aromatic N) is 6. The minimum Gasteiger partial charge on any atom is -0.457 e. The number of hydrogen-bond acceptors (Lipinski definition) is 8. The number of hydrogen-bond donors (Lipinski definition) is 1. The number of carbonyl (C=O) groups is 1. The van der Waals surface area contributed by atoms with Gasteiger partial charge in [-0.05, 0) is 36.2 Å². The van der Waals surface area contributed by atoms with Crippen LogP contribution in [0.2, 0.25) is 0 Å². The topological polar surface area (TPSA) is 106 Å². The lowest BCUT2D eigenvalue weighted by atomic mass is 9.95. The molecule has 9 heteroatoms. The second-order valence-corrected chi connectivity index (χ2v) is 8.49. The molecule has 0 aliphatic carbocycles. The second kappa shape index (κ2) is 7.72. The largest absolute Gasteiger partial charge is 0.457 e. The number of aliphatic hydroxyl groups is 1. The van der Waals surface area contributed by atoms with E-state index < -0.39 is 6.10 Å². The van der Waals surface area contributed by atoms with Gasteiger partial charge < -0.3 is 9.84 Å². The van der Waals surface area contributed by atoms with Crippen LogP contribution in [0, 0.1) is 6.92 Å². The third-order valence-electron chi connectivity index (χ3n) is 6.52. The number of β-amino-alcohol motifs (C(OH)–C–C–N with tert-alkyl or cyclic N) is 1. The molecule has 1 N–H and O–H groups in total. The van der Waals surface area contributed by atoms with Gasteiger partial charge in [-0.3, -0.25) is 9.47 Å². The van der Waals surface area contributed by atoms with E-state index >= 15 is 0 Å². The molecule has 1 unspecified atom stereocenters. The molecule has 4 aromatic rings. The quantitative estimate of drug-likeness (QED) is 0.480. The van der Waals surface area contributed by atoms with Crippen molar-refractivity contribution < 1.29 is 14.6 Å². The Bertz CT molecular complexity index is 1400. The molecule has 0 spiro atoms. The summed E-state index contributed by atoms with van der Waals surface area (Å²) in [5, 5.41) is 11.0. The summed E-state index contributed by atoms with van der Waals surface area (Å²) in [6.07, 6.45) is 5.40. The van der Waals surface area contributed by atoms with E-state index in [1.165, 1.54) is 0 Å². The zero-order valence-corrected chi connectivity index (χ0v) is 18.1. The third kappa shape index (κ3) is 3.37. The number of fused-ring (bicyclic) bond motifs is 3. The molecule has 1 aromatic carbocycles. The standard InChI is InChI=1S/C24H22N6O3/c1-14-16(4-5-17-18(14)12-33-23(17)32)21(31)11-29-8-6-19-15(10-29)9-26-24(28-19)30-13-27-20-3-2-7-25-22(20)30/h2-5,7,9,13,21,31H,6,8,10-12H2,1H3. The number of ether oxygens (including phenoxy) is 1. The molecule has 5 heterocycles. The Hall–Kier alpha value is -3.69. The first-order valence-corrected chi connectivity index (χ1v) is 10.9. The molecule has 2 aliphatic rings. The first-order valence-electron chi connectivity index (χ1n) is 10.9. The van der Waals surface area contributed by atoms with Gasteiger partial charge in [0.25, 0.3) is 0 Å². The molecule has 9 nitrogen and oxygen atoms in total. The number of cyclic esters (lactones) is 1. The minimum absolute atomic E-state index is 0.277. The monoisotopic (exact) mass is 442 g/mol. The van der Waals surface area contributed by atoms with Gasteiger partial charge in [-0.1, -0.05) is 6.07 Å². The zero-order valence-electron chi connectivity index (χ0n) is 18.1. The van der Waals surface area contributed by atoms with Gasteiger partial charge >= 0.3 is 5.97 Å². The molecule has 33 heavy (non-hydrogen) atoms. The highest BCUT2D eigenvalue weighted by atomic mass is 16.5. The van der Waals surface area contributed by atoms with Gasteiger partial charge in [0.05, 0.1) is 17.4 Å². The Kier molecular flexibility index (Phi) is 4.67. The lowest BCUT2D eigenvalue weighted by Gasteiger charge is -2.30. The van der Waals surface area contributed by atoms with Crippen LogP contribution in [0.5, 0.6) is 0 Å². The summed E-state index contributed by atoms with van der Waals surface area (Å²) in [5.41, 5.74) is 6.84. The number of rotatable bonds is 4. The van der Waals surface area contributed by atoms with E-state index in [2.05, 4.69) is 19.9 Å². The highest BCUT2D eigenvalue weighted by molar-refractivity contribution is 5.94. The van der Waals surface area contributed by atoms with Crippen LogP contribution in [0.25, 0.3) is 17.1 Å². The van der Waals surface area contributed by atoms with E-state index in [-0.39, 0.29) is 12.6 Å². The number of imidazole rings is 1. The van der Waals surface area contributed by atoms with Crippen molar-refractivity contribution in [3.8, 4) is 5.95 Å².